The van der Waals surface area contributed by atoms with Crippen molar-refractivity contribution < 1.29 is 0 Å². The molecule has 88 valence electrons. The van der Waals surface area contributed by atoms with Gasteiger partial charge in [0.15, 0.2) is 0 Å². The number of aromatic nitrogens is 1. The molecule has 0 fully saturated rings. The third-order valence-electron chi connectivity index (χ3n) is 2.50. The zero-order valence-corrected chi connectivity index (χ0v) is 10.9. The lowest BCUT2D eigenvalue weighted by Gasteiger charge is -2.07. The Labute approximate surface area is 106 Å². The minimum absolute atomic E-state index is 0.0508. The average molecular weight is 244 g/mol. The van der Waals surface area contributed by atoms with Crippen LogP contribution in [0.5, 0.6) is 0 Å². The molecular formula is C14H16N2S. The van der Waals surface area contributed by atoms with Crippen LogP contribution in [-0.2, 0) is 0 Å². The largest absolute Gasteiger partial charge is 0.324 e. The van der Waals surface area contributed by atoms with Gasteiger partial charge in [-0.3, -0.25) is 0 Å². The maximum Gasteiger partial charge on any atom is 0.101 e. The number of benzene rings is 1. The highest BCUT2D eigenvalue weighted by Gasteiger charge is 2.03. The summed E-state index contributed by atoms with van der Waals surface area (Å²) in [6.07, 6.45) is 1.82. The molecule has 3 heteroatoms. The monoisotopic (exact) mass is 244 g/mol. The van der Waals surface area contributed by atoms with E-state index < -0.39 is 0 Å². The molecular weight excluding hydrogens is 228 g/mol. The molecule has 17 heavy (non-hydrogen) atoms. The third-order valence-corrected chi connectivity index (χ3v) is 3.42. The van der Waals surface area contributed by atoms with Crippen molar-refractivity contribution in [2.75, 3.05) is 0 Å². The second-order valence-corrected chi connectivity index (χ2v) is 5.23. The quantitative estimate of drug-likeness (QED) is 0.897. The molecule has 0 saturated heterocycles. The predicted molar refractivity (Wildman–Crippen MR) is 72.1 cm³/mol. The Balaban J connectivity index is 2.21. The third kappa shape index (κ3) is 3.32. The van der Waals surface area contributed by atoms with Gasteiger partial charge < -0.3 is 5.73 Å². The summed E-state index contributed by atoms with van der Waals surface area (Å²) in [7, 11) is 0. The van der Waals surface area contributed by atoms with Gasteiger partial charge in [0.2, 0.25) is 0 Å². The van der Waals surface area contributed by atoms with Crippen molar-refractivity contribution in [2.45, 2.75) is 29.8 Å². The van der Waals surface area contributed by atoms with Gasteiger partial charge in [-0.15, -0.1) is 0 Å². The summed E-state index contributed by atoms with van der Waals surface area (Å²) in [5.41, 5.74) is 8.25. The highest BCUT2D eigenvalue weighted by Crippen LogP contribution is 2.27. The van der Waals surface area contributed by atoms with Crippen LogP contribution in [0.25, 0.3) is 0 Å². The van der Waals surface area contributed by atoms with E-state index in [1.54, 1.807) is 11.8 Å². The van der Waals surface area contributed by atoms with Crippen LogP contribution in [-0.4, -0.2) is 4.98 Å². The van der Waals surface area contributed by atoms with E-state index in [9.17, 15) is 0 Å². The SMILES string of the molecule is Cc1cccc(Sc2cc([C@@H](C)N)ccn2)c1. The van der Waals surface area contributed by atoms with E-state index in [1.165, 1.54) is 10.5 Å². The average Bonchev–Trinajstić information content (AvgIpc) is 2.29. The molecule has 2 N–H and O–H groups in total. The molecule has 0 unspecified atom stereocenters. The highest BCUT2D eigenvalue weighted by molar-refractivity contribution is 7.99. The smallest absolute Gasteiger partial charge is 0.101 e. The summed E-state index contributed by atoms with van der Waals surface area (Å²) >= 11 is 1.67. The van der Waals surface area contributed by atoms with Crippen molar-refractivity contribution in [3.8, 4) is 0 Å². The Morgan fingerprint density at radius 1 is 1.24 bits per heavy atom. The Morgan fingerprint density at radius 2 is 2.06 bits per heavy atom. The Morgan fingerprint density at radius 3 is 2.76 bits per heavy atom. The van der Waals surface area contributed by atoms with Crippen molar-refractivity contribution in [3.63, 3.8) is 0 Å². The molecule has 1 atom stereocenters. The first kappa shape index (κ1) is 12.1. The zero-order chi connectivity index (χ0) is 12.3. The van der Waals surface area contributed by atoms with Crippen LogP contribution in [0.2, 0.25) is 0 Å². The molecule has 2 aromatic rings. The number of hydrogen-bond acceptors (Lipinski definition) is 3. The van der Waals surface area contributed by atoms with E-state index in [0.29, 0.717) is 0 Å². The number of nitrogens with zero attached hydrogens (tertiary/aromatic N) is 1. The van der Waals surface area contributed by atoms with Gasteiger partial charge in [-0.2, -0.15) is 0 Å². The van der Waals surface area contributed by atoms with Crippen LogP contribution < -0.4 is 5.73 Å². The molecule has 0 radical (unpaired) electrons. The fraction of sp³-hybridized carbons (Fsp3) is 0.214. The molecule has 0 aliphatic heterocycles. The van der Waals surface area contributed by atoms with Crippen molar-refractivity contribution >= 4 is 11.8 Å². The summed E-state index contributed by atoms with van der Waals surface area (Å²) in [5.74, 6) is 0. The maximum atomic E-state index is 5.86. The van der Waals surface area contributed by atoms with Gasteiger partial charge in [-0.25, -0.2) is 4.98 Å². The Bertz CT molecular complexity index is 509. The van der Waals surface area contributed by atoms with Crippen LogP contribution in [0.3, 0.4) is 0 Å². The van der Waals surface area contributed by atoms with Crippen molar-refractivity contribution in [2.24, 2.45) is 5.73 Å². The summed E-state index contributed by atoms with van der Waals surface area (Å²) in [6, 6.07) is 12.5. The molecule has 1 heterocycles. The Kier molecular flexibility index (Phi) is 3.82. The van der Waals surface area contributed by atoms with Crippen LogP contribution in [0, 0.1) is 6.92 Å². The van der Waals surface area contributed by atoms with Gasteiger partial charge >= 0.3 is 0 Å². The topological polar surface area (TPSA) is 38.9 Å². The molecule has 2 nitrogen and oxygen atoms in total. The van der Waals surface area contributed by atoms with E-state index in [0.717, 1.165) is 10.6 Å². The molecule has 0 saturated carbocycles. The molecule has 1 aromatic carbocycles. The highest BCUT2D eigenvalue weighted by atomic mass is 32.2. The minimum Gasteiger partial charge on any atom is -0.324 e. The fourth-order valence-electron chi connectivity index (χ4n) is 1.56. The number of aryl methyl sites for hydroxylation is 1. The molecule has 0 aliphatic rings. The van der Waals surface area contributed by atoms with Gasteiger partial charge in [0, 0.05) is 17.1 Å². The van der Waals surface area contributed by atoms with E-state index >= 15 is 0 Å². The van der Waals surface area contributed by atoms with Gasteiger partial charge in [-0.1, -0.05) is 29.5 Å². The van der Waals surface area contributed by atoms with Crippen molar-refractivity contribution in [3.05, 3.63) is 53.7 Å². The minimum atomic E-state index is 0.0508. The second kappa shape index (κ2) is 5.34. The molecule has 0 aliphatic carbocycles. The maximum absolute atomic E-state index is 5.86. The Hall–Kier alpha value is -1.32. The van der Waals surface area contributed by atoms with Crippen LogP contribution >= 0.6 is 11.8 Å². The van der Waals surface area contributed by atoms with Gasteiger partial charge in [0.05, 0.1) is 0 Å². The zero-order valence-electron chi connectivity index (χ0n) is 10.1. The lowest BCUT2D eigenvalue weighted by atomic mass is 10.1. The molecule has 0 bridgehead atoms. The lowest BCUT2D eigenvalue weighted by molar-refractivity contribution is 0.808. The lowest BCUT2D eigenvalue weighted by Crippen LogP contribution is -2.04. The fourth-order valence-corrected chi connectivity index (χ4v) is 2.50. The summed E-state index contributed by atoms with van der Waals surface area (Å²) in [5, 5.41) is 0.991. The van der Waals surface area contributed by atoms with Crippen LogP contribution in [0.1, 0.15) is 24.1 Å². The first-order chi connectivity index (χ1) is 8.15. The molecule has 2 rings (SSSR count). The van der Waals surface area contributed by atoms with Gasteiger partial charge in [0.25, 0.3) is 0 Å². The van der Waals surface area contributed by atoms with E-state index in [4.69, 9.17) is 5.73 Å². The van der Waals surface area contributed by atoms with E-state index in [-0.39, 0.29) is 6.04 Å². The number of rotatable bonds is 3. The summed E-state index contributed by atoms with van der Waals surface area (Å²) < 4.78 is 0. The number of pyridine rings is 1. The van der Waals surface area contributed by atoms with Crippen LogP contribution in [0.15, 0.2) is 52.5 Å². The van der Waals surface area contributed by atoms with Gasteiger partial charge in [-0.05, 0) is 43.7 Å². The molecule has 0 amide bonds. The first-order valence-electron chi connectivity index (χ1n) is 5.61. The number of hydrogen-bond donors (Lipinski definition) is 1. The second-order valence-electron chi connectivity index (χ2n) is 4.13. The van der Waals surface area contributed by atoms with Crippen molar-refractivity contribution in [1.82, 2.24) is 4.98 Å². The van der Waals surface area contributed by atoms with E-state index in [1.807, 2.05) is 19.2 Å². The van der Waals surface area contributed by atoms with Gasteiger partial charge in [0.1, 0.15) is 5.03 Å². The predicted octanol–water partition coefficient (Wildman–Crippen LogP) is 3.56. The number of nitrogens with two attached hydrogens (primary N) is 1. The van der Waals surface area contributed by atoms with E-state index in [2.05, 4.69) is 42.2 Å². The van der Waals surface area contributed by atoms with Crippen LogP contribution in [0.4, 0.5) is 0 Å². The normalized spacial score (nSPS) is 12.4. The summed E-state index contributed by atoms with van der Waals surface area (Å²) in [4.78, 5) is 5.56. The van der Waals surface area contributed by atoms with Crippen molar-refractivity contribution in [1.29, 1.82) is 0 Å². The summed E-state index contributed by atoms with van der Waals surface area (Å²) in [6.45, 7) is 4.08. The first-order valence-corrected chi connectivity index (χ1v) is 6.43. The molecule has 0 spiro atoms. The standard InChI is InChI=1S/C14H16N2S/c1-10-4-3-5-13(8-10)17-14-9-12(11(2)15)6-7-16-14/h3-9,11H,15H2,1-2H3/t11-/m1/s1. The molecule has 1 aromatic heterocycles.